The van der Waals surface area contributed by atoms with E-state index in [1.54, 1.807) is 6.92 Å². The highest BCUT2D eigenvalue weighted by Crippen LogP contribution is 2.17. The van der Waals surface area contributed by atoms with Crippen molar-refractivity contribution in [1.82, 2.24) is 0 Å². The molecule has 0 aliphatic rings. The van der Waals surface area contributed by atoms with Crippen LogP contribution in [-0.2, 0) is 6.42 Å². The van der Waals surface area contributed by atoms with Crippen LogP contribution < -0.4 is 0 Å². The topological polar surface area (TPSA) is 20.2 Å². The molecule has 0 spiro atoms. The molecule has 1 unspecified atom stereocenters. The minimum Gasteiger partial charge on any atom is -0.396 e. The van der Waals surface area contributed by atoms with Crippen LogP contribution in [0.15, 0.2) is 12.1 Å². The van der Waals surface area contributed by atoms with Gasteiger partial charge < -0.3 is 5.11 Å². The van der Waals surface area contributed by atoms with Gasteiger partial charge in [-0.3, -0.25) is 0 Å². The molecule has 0 heterocycles. The summed E-state index contributed by atoms with van der Waals surface area (Å²) in [5, 5.41) is 8.72. The summed E-state index contributed by atoms with van der Waals surface area (Å²) in [5.74, 6) is -3.98. The van der Waals surface area contributed by atoms with Crippen LogP contribution in [0.2, 0.25) is 0 Å². The lowest BCUT2D eigenvalue weighted by molar-refractivity contribution is 0.235. The van der Waals surface area contributed by atoms with E-state index in [9.17, 15) is 13.2 Å². The normalized spacial score (nSPS) is 12.9. The molecular weight excluding hydrogens is 193 g/mol. The van der Waals surface area contributed by atoms with Crippen LogP contribution in [0.3, 0.4) is 0 Å². The predicted octanol–water partition coefficient (Wildman–Crippen LogP) is 2.27. The highest BCUT2D eigenvalue weighted by molar-refractivity contribution is 5.20. The van der Waals surface area contributed by atoms with Crippen LogP contribution in [0.5, 0.6) is 0 Å². The summed E-state index contributed by atoms with van der Waals surface area (Å²) in [7, 11) is 0. The molecule has 0 saturated carbocycles. The van der Waals surface area contributed by atoms with E-state index < -0.39 is 17.5 Å². The van der Waals surface area contributed by atoms with E-state index in [2.05, 4.69) is 0 Å². The Kier molecular flexibility index (Phi) is 3.52. The van der Waals surface area contributed by atoms with Gasteiger partial charge in [-0.15, -0.1) is 0 Å². The molecule has 0 aliphatic heterocycles. The minimum absolute atomic E-state index is 0.0884. The zero-order valence-corrected chi connectivity index (χ0v) is 7.73. The summed E-state index contributed by atoms with van der Waals surface area (Å²) in [6.07, 6.45) is 0.194. The van der Waals surface area contributed by atoms with Gasteiger partial charge >= 0.3 is 0 Å². The summed E-state index contributed by atoms with van der Waals surface area (Å²) < 4.78 is 38.3. The number of hydrogen-bond acceptors (Lipinski definition) is 1. The Labute approximate surface area is 80.2 Å². The van der Waals surface area contributed by atoms with Gasteiger partial charge in [-0.25, -0.2) is 13.2 Å². The third-order valence-electron chi connectivity index (χ3n) is 2.00. The van der Waals surface area contributed by atoms with E-state index in [0.717, 1.165) is 6.07 Å². The van der Waals surface area contributed by atoms with Gasteiger partial charge in [0.2, 0.25) is 0 Å². The van der Waals surface area contributed by atoms with Gasteiger partial charge in [-0.05, 0) is 24.0 Å². The highest BCUT2D eigenvalue weighted by Gasteiger charge is 2.14. The van der Waals surface area contributed by atoms with Crippen molar-refractivity contribution < 1.29 is 18.3 Å². The van der Waals surface area contributed by atoms with Gasteiger partial charge in [-0.2, -0.15) is 0 Å². The van der Waals surface area contributed by atoms with Gasteiger partial charge in [0.1, 0.15) is 0 Å². The van der Waals surface area contributed by atoms with E-state index >= 15 is 0 Å². The quantitative estimate of drug-likeness (QED) is 0.749. The molecule has 0 saturated heterocycles. The van der Waals surface area contributed by atoms with Crippen LogP contribution in [0.25, 0.3) is 0 Å². The van der Waals surface area contributed by atoms with Crippen molar-refractivity contribution in [3.05, 3.63) is 35.1 Å². The summed E-state index contributed by atoms with van der Waals surface area (Å²) in [4.78, 5) is 0. The number of hydrogen-bond donors (Lipinski definition) is 1. The SMILES string of the molecule is CC(CO)Cc1ccc(F)c(F)c1F. The van der Waals surface area contributed by atoms with Crippen molar-refractivity contribution in [3.63, 3.8) is 0 Å². The molecule has 0 fully saturated rings. The molecule has 0 aliphatic carbocycles. The fourth-order valence-corrected chi connectivity index (χ4v) is 1.16. The Morgan fingerprint density at radius 2 is 1.86 bits per heavy atom. The van der Waals surface area contributed by atoms with Crippen LogP contribution >= 0.6 is 0 Å². The van der Waals surface area contributed by atoms with Gasteiger partial charge in [0.25, 0.3) is 0 Å². The third kappa shape index (κ3) is 2.26. The van der Waals surface area contributed by atoms with Gasteiger partial charge in [0, 0.05) is 6.61 Å². The number of rotatable bonds is 3. The first-order chi connectivity index (χ1) is 6.56. The summed E-state index contributed by atoms with van der Waals surface area (Å²) >= 11 is 0. The van der Waals surface area contributed by atoms with Gasteiger partial charge in [-0.1, -0.05) is 13.0 Å². The number of aliphatic hydroxyl groups excluding tert-OH is 1. The lowest BCUT2D eigenvalue weighted by Gasteiger charge is -2.09. The Hall–Kier alpha value is -1.03. The zero-order chi connectivity index (χ0) is 10.7. The predicted molar refractivity (Wildman–Crippen MR) is 46.3 cm³/mol. The van der Waals surface area contributed by atoms with Crippen LogP contribution in [-0.4, -0.2) is 11.7 Å². The lowest BCUT2D eigenvalue weighted by atomic mass is 10.0. The summed E-state index contributed by atoms with van der Waals surface area (Å²) in [6, 6.07) is 2.08. The zero-order valence-electron chi connectivity index (χ0n) is 7.73. The standard InChI is InChI=1S/C10H11F3O/c1-6(5-14)4-7-2-3-8(11)10(13)9(7)12/h2-3,6,14H,4-5H2,1H3. The molecule has 1 aromatic carbocycles. The average molecular weight is 204 g/mol. The van der Waals surface area contributed by atoms with Crippen molar-refractivity contribution in [1.29, 1.82) is 0 Å². The maximum atomic E-state index is 13.1. The first-order valence-corrected chi connectivity index (χ1v) is 4.29. The third-order valence-corrected chi connectivity index (χ3v) is 2.00. The second-order valence-corrected chi connectivity index (χ2v) is 3.33. The molecule has 1 N–H and O–H groups in total. The van der Waals surface area contributed by atoms with E-state index in [1.165, 1.54) is 6.07 Å². The molecule has 0 radical (unpaired) electrons. The summed E-state index contributed by atoms with van der Waals surface area (Å²) in [5.41, 5.74) is 0.0884. The maximum absolute atomic E-state index is 13.1. The van der Waals surface area contributed by atoms with Crippen molar-refractivity contribution >= 4 is 0 Å². The summed E-state index contributed by atoms with van der Waals surface area (Å²) in [6.45, 7) is 1.58. The largest absolute Gasteiger partial charge is 0.396 e. The van der Waals surface area contributed by atoms with Crippen molar-refractivity contribution in [2.24, 2.45) is 5.92 Å². The fraction of sp³-hybridized carbons (Fsp3) is 0.400. The van der Waals surface area contributed by atoms with Crippen LogP contribution in [0, 0.1) is 23.4 Å². The first kappa shape index (κ1) is 11.0. The Morgan fingerprint density at radius 3 is 2.43 bits per heavy atom. The Bertz CT molecular complexity index is 325. The van der Waals surface area contributed by atoms with Gasteiger partial charge in [0.05, 0.1) is 0 Å². The Balaban J connectivity index is 2.94. The van der Waals surface area contributed by atoms with E-state index in [-0.39, 0.29) is 24.5 Å². The second-order valence-electron chi connectivity index (χ2n) is 3.33. The average Bonchev–Trinajstić information content (AvgIpc) is 2.19. The molecule has 78 valence electrons. The molecular formula is C10H11F3O. The maximum Gasteiger partial charge on any atom is 0.194 e. The first-order valence-electron chi connectivity index (χ1n) is 4.29. The Morgan fingerprint density at radius 1 is 1.21 bits per heavy atom. The lowest BCUT2D eigenvalue weighted by Crippen LogP contribution is -2.07. The molecule has 1 atom stereocenters. The number of aliphatic hydroxyl groups is 1. The van der Waals surface area contributed by atoms with Crippen LogP contribution in [0.1, 0.15) is 12.5 Å². The molecule has 1 rings (SSSR count). The van der Waals surface area contributed by atoms with E-state index in [0.29, 0.717) is 0 Å². The monoisotopic (exact) mass is 204 g/mol. The van der Waals surface area contributed by atoms with Gasteiger partial charge in [0.15, 0.2) is 17.5 Å². The molecule has 1 nitrogen and oxygen atoms in total. The van der Waals surface area contributed by atoms with Crippen molar-refractivity contribution in [2.75, 3.05) is 6.61 Å². The van der Waals surface area contributed by atoms with Crippen molar-refractivity contribution in [3.8, 4) is 0 Å². The highest BCUT2D eigenvalue weighted by atomic mass is 19.2. The fourth-order valence-electron chi connectivity index (χ4n) is 1.16. The molecule has 0 amide bonds. The molecule has 0 bridgehead atoms. The van der Waals surface area contributed by atoms with E-state index in [4.69, 9.17) is 5.11 Å². The van der Waals surface area contributed by atoms with Crippen molar-refractivity contribution in [2.45, 2.75) is 13.3 Å². The molecule has 4 heteroatoms. The number of halogens is 3. The van der Waals surface area contributed by atoms with E-state index in [1.807, 2.05) is 0 Å². The molecule has 0 aromatic heterocycles. The number of benzene rings is 1. The second kappa shape index (κ2) is 4.46. The molecule has 14 heavy (non-hydrogen) atoms. The smallest absolute Gasteiger partial charge is 0.194 e. The minimum atomic E-state index is -1.45. The molecule has 1 aromatic rings. The van der Waals surface area contributed by atoms with Crippen LogP contribution in [0.4, 0.5) is 13.2 Å².